The Labute approximate surface area is 113 Å². The normalized spacial score (nSPS) is 23.1. The number of ether oxygens (including phenoxy) is 1. The van der Waals surface area contributed by atoms with Gasteiger partial charge in [0.25, 0.3) is 0 Å². The predicted octanol–water partition coefficient (Wildman–Crippen LogP) is 1.54. The van der Waals surface area contributed by atoms with Crippen LogP contribution in [0.15, 0.2) is 30.3 Å². The van der Waals surface area contributed by atoms with E-state index < -0.39 is 0 Å². The molecule has 1 saturated carbocycles. The van der Waals surface area contributed by atoms with Crippen molar-refractivity contribution in [2.75, 3.05) is 26.3 Å². The Morgan fingerprint density at radius 3 is 2.79 bits per heavy atom. The molecule has 19 heavy (non-hydrogen) atoms. The fraction of sp³-hybridized carbons (Fsp3) is 0.533. The maximum Gasteiger partial charge on any atom is 0.238 e. The van der Waals surface area contributed by atoms with Crippen molar-refractivity contribution in [1.82, 2.24) is 10.2 Å². The molecule has 1 aliphatic carbocycles. The smallest absolute Gasteiger partial charge is 0.238 e. The quantitative estimate of drug-likeness (QED) is 0.789. The molecule has 1 aliphatic heterocycles. The molecule has 2 aliphatic rings. The molecule has 0 spiro atoms. The summed E-state index contributed by atoms with van der Waals surface area (Å²) in [7, 11) is 0. The maximum absolute atomic E-state index is 11.9. The summed E-state index contributed by atoms with van der Waals surface area (Å²) >= 11 is 0. The molecule has 1 atom stereocenters. The first-order chi connectivity index (χ1) is 9.34. The van der Waals surface area contributed by atoms with Crippen molar-refractivity contribution in [1.29, 1.82) is 0 Å². The van der Waals surface area contributed by atoms with Crippen LogP contribution in [0, 0.1) is 5.92 Å². The highest BCUT2D eigenvalue weighted by Crippen LogP contribution is 2.28. The first kappa shape index (κ1) is 12.6. The molecule has 1 heterocycles. The highest BCUT2D eigenvalue weighted by Gasteiger charge is 2.31. The lowest BCUT2D eigenvalue weighted by Gasteiger charge is -2.24. The van der Waals surface area contributed by atoms with Crippen LogP contribution in [0.1, 0.15) is 24.6 Å². The van der Waals surface area contributed by atoms with E-state index in [-0.39, 0.29) is 12.1 Å². The van der Waals surface area contributed by atoms with Crippen molar-refractivity contribution >= 4 is 5.91 Å². The van der Waals surface area contributed by atoms with Crippen LogP contribution < -0.4 is 5.32 Å². The molecule has 0 bridgehead atoms. The van der Waals surface area contributed by atoms with Crippen LogP contribution in [0.3, 0.4) is 0 Å². The number of nitrogens with zero attached hydrogens (tertiary/aromatic N) is 1. The van der Waals surface area contributed by atoms with E-state index in [1.807, 2.05) is 35.2 Å². The lowest BCUT2D eigenvalue weighted by Crippen LogP contribution is -2.33. The molecular weight excluding hydrogens is 240 g/mol. The van der Waals surface area contributed by atoms with Crippen molar-refractivity contribution in [3.8, 4) is 0 Å². The van der Waals surface area contributed by atoms with E-state index in [0.717, 1.165) is 18.1 Å². The second-order valence-corrected chi connectivity index (χ2v) is 5.30. The molecule has 2 fully saturated rings. The van der Waals surface area contributed by atoms with Gasteiger partial charge in [-0.3, -0.25) is 10.1 Å². The molecule has 3 rings (SSSR count). The number of benzene rings is 1. The molecule has 0 radical (unpaired) electrons. The molecule has 1 N–H and O–H groups in total. The van der Waals surface area contributed by atoms with Gasteiger partial charge in [-0.2, -0.15) is 0 Å². The van der Waals surface area contributed by atoms with Gasteiger partial charge in [-0.25, -0.2) is 0 Å². The standard InChI is InChI=1S/C15H20N2O2/c18-14-10-16-15(13-4-2-1-3-5-13)17(14)8-9-19-11-12-6-7-12/h1-5,12,15-16H,6-11H2. The van der Waals surface area contributed by atoms with Crippen molar-refractivity contribution < 1.29 is 9.53 Å². The van der Waals surface area contributed by atoms with Crippen molar-refractivity contribution in [3.05, 3.63) is 35.9 Å². The minimum atomic E-state index is -0.00164. The Kier molecular flexibility index (Phi) is 3.80. The van der Waals surface area contributed by atoms with Gasteiger partial charge in [-0.05, 0) is 24.3 Å². The molecule has 1 unspecified atom stereocenters. The van der Waals surface area contributed by atoms with Gasteiger partial charge in [0.05, 0.1) is 13.2 Å². The fourth-order valence-corrected chi connectivity index (χ4v) is 2.42. The van der Waals surface area contributed by atoms with E-state index in [1.165, 1.54) is 12.8 Å². The second-order valence-electron chi connectivity index (χ2n) is 5.30. The van der Waals surface area contributed by atoms with E-state index in [0.29, 0.717) is 19.7 Å². The maximum atomic E-state index is 11.9. The third-order valence-electron chi connectivity index (χ3n) is 3.72. The summed E-state index contributed by atoms with van der Waals surface area (Å²) in [5.41, 5.74) is 1.13. The van der Waals surface area contributed by atoms with E-state index in [9.17, 15) is 4.79 Å². The zero-order chi connectivity index (χ0) is 13.1. The number of rotatable bonds is 6. The largest absolute Gasteiger partial charge is 0.379 e. The predicted molar refractivity (Wildman–Crippen MR) is 72.4 cm³/mol. The molecule has 0 aromatic heterocycles. The van der Waals surface area contributed by atoms with Crippen LogP contribution in [0.2, 0.25) is 0 Å². The Morgan fingerprint density at radius 2 is 2.05 bits per heavy atom. The van der Waals surface area contributed by atoms with Crippen LogP contribution in [-0.2, 0) is 9.53 Å². The van der Waals surface area contributed by atoms with Crippen molar-refractivity contribution in [3.63, 3.8) is 0 Å². The van der Waals surface area contributed by atoms with Gasteiger partial charge in [0.1, 0.15) is 6.17 Å². The summed E-state index contributed by atoms with van der Waals surface area (Å²) in [6.07, 6.45) is 2.60. The summed E-state index contributed by atoms with van der Waals surface area (Å²) in [6.45, 7) is 2.57. The molecule has 4 nitrogen and oxygen atoms in total. The lowest BCUT2D eigenvalue weighted by atomic mass is 10.1. The number of carbonyl (C=O) groups excluding carboxylic acids is 1. The van der Waals surface area contributed by atoms with E-state index in [1.54, 1.807) is 0 Å². The lowest BCUT2D eigenvalue weighted by molar-refractivity contribution is -0.128. The SMILES string of the molecule is O=C1CNC(c2ccccc2)N1CCOCC1CC1. The Balaban J connectivity index is 1.55. The molecule has 1 saturated heterocycles. The van der Waals surface area contributed by atoms with Gasteiger partial charge in [0.2, 0.25) is 5.91 Å². The van der Waals surface area contributed by atoms with Crippen LogP contribution in [0.25, 0.3) is 0 Å². The Bertz CT molecular complexity index is 431. The Hall–Kier alpha value is -1.39. The minimum absolute atomic E-state index is 0.00164. The second kappa shape index (κ2) is 5.72. The number of hydrogen-bond acceptors (Lipinski definition) is 3. The third kappa shape index (κ3) is 3.14. The van der Waals surface area contributed by atoms with E-state index in [2.05, 4.69) is 5.32 Å². The first-order valence-corrected chi connectivity index (χ1v) is 7.00. The third-order valence-corrected chi connectivity index (χ3v) is 3.72. The van der Waals surface area contributed by atoms with Gasteiger partial charge in [-0.15, -0.1) is 0 Å². The van der Waals surface area contributed by atoms with E-state index >= 15 is 0 Å². The highest BCUT2D eigenvalue weighted by atomic mass is 16.5. The molecule has 1 amide bonds. The first-order valence-electron chi connectivity index (χ1n) is 7.00. The topological polar surface area (TPSA) is 41.6 Å². The van der Waals surface area contributed by atoms with Crippen molar-refractivity contribution in [2.45, 2.75) is 19.0 Å². The van der Waals surface area contributed by atoms with Crippen LogP contribution in [0.4, 0.5) is 0 Å². The molecule has 102 valence electrons. The average Bonchev–Trinajstić information content (AvgIpc) is 3.20. The monoisotopic (exact) mass is 260 g/mol. The average molecular weight is 260 g/mol. The summed E-state index contributed by atoms with van der Waals surface area (Å²) in [4.78, 5) is 13.8. The number of amides is 1. The van der Waals surface area contributed by atoms with Gasteiger partial charge in [0.15, 0.2) is 0 Å². The molecule has 1 aromatic rings. The van der Waals surface area contributed by atoms with Crippen LogP contribution in [-0.4, -0.2) is 37.1 Å². The van der Waals surface area contributed by atoms with Gasteiger partial charge in [0, 0.05) is 13.2 Å². The molecule has 4 heteroatoms. The Morgan fingerprint density at radius 1 is 1.26 bits per heavy atom. The zero-order valence-corrected chi connectivity index (χ0v) is 11.0. The van der Waals surface area contributed by atoms with Crippen LogP contribution in [0.5, 0.6) is 0 Å². The summed E-state index contributed by atoms with van der Waals surface area (Å²) < 4.78 is 5.63. The summed E-state index contributed by atoms with van der Waals surface area (Å²) in [5, 5.41) is 3.26. The number of nitrogens with one attached hydrogen (secondary N) is 1. The van der Waals surface area contributed by atoms with Gasteiger partial charge >= 0.3 is 0 Å². The van der Waals surface area contributed by atoms with Gasteiger partial charge < -0.3 is 9.64 Å². The minimum Gasteiger partial charge on any atom is -0.379 e. The van der Waals surface area contributed by atoms with Gasteiger partial charge in [-0.1, -0.05) is 30.3 Å². The summed E-state index contributed by atoms with van der Waals surface area (Å²) in [6, 6.07) is 10.1. The zero-order valence-electron chi connectivity index (χ0n) is 11.0. The molecular formula is C15H20N2O2. The van der Waals surface area contributed by atoms with E-state index in [4.69, 9.17) is 4.74 Å². The summed E-state index contributed by atoms with van der Waals surface area (Å²) in [5.74, 6) is 0.932. The highest BCUT2D eigenvalue weighted by molar-refractivity contribution is 5.80. The number of carbonyl (C=O) groups is 1. The van der Waals surface area contributed by atoms with Crippen molar-refractivity contribution in [2.24, 2.45) is 5.92 Å². The van der Waals surface area contributed by atoms with Crippen LogP contribution >= 0.6 is 0 Å². The molecule has 1 aromatic carbocycles. The fourth-order valence-electron chi connectivity index (χ4n) is 2.42. The number of hydrogen-bond donors (Lipinski definition) is 1.